The van der Waals surface area contributed by atoms with Crippen molar-refractivity contribution < 1.29 is 14.7 Å². The van der Waals surface area contributed by atoms with Crippen molar-refractivity contribution in [2.45, 2.75) is 19.4 Å². The van der Waals surface area contributed by atoms with Gasteiger partial charge in [0.15, 0.2) is 0 Å². The number of fused-ring (bicyclic) bond motifs is 1. The first kappa shape index (κ1) is 16.1. The van der Waals surface area contributed by atoms with E-state index in [0.29, 0.717) is 24.3 Å². The number of rotatable bonds is 5. The van der Waals surface area contributed by atoms with E-state index in [-0.39, 0.29) is 18.9 Å². The number of carboxylic acids is 1. The maximum Gasteiger partial charge on any atom is 0.307 e. The Morgan fingerprint density at radius 3 is 2.54 bits per heavy atom. The fourth-order valence-electron chi connectivity index (χ4n) is 3.00. The number of amides is 1. The molecule has 0 saturated carbocycles. The minimum absolute atomic E-state index is 0.0228. The standard InChI is InChI=1S/C19H20N2O3/c22-18(21-10-9-14-5-1-2-7-16(14)13-21)12-20-17-8-4-3-6-15(17)11-19(23)24/h1-8,20H,9-13H2,(H,23,24). The van der Waals surface area contributed by atoms with E-state index < -0.39 is 5.97 Å². The molecule has 2 aromatic carbocycles. The predicted molar refractivity (Wildman–Crippen MR) is 91.8 cm³/mol. The summed E-state index contributed by atoms with van der Waals surface area (Å²) in [7, 11) is 0. The molecule has 0 spiro atoms. The van der Waals surface area contributed by atoms with Gasteiger partial charge in [-0.05, 0) is 29.2 Å². The molecular weight excluding hydrogens is 304 g/mol. The second-order valence-corrected chi connectivity index (χ2v) is 5.92. The molecule has 124 valence electrons. The first-order valence-electron chi connectivity index (χ1n) is 8.01. The molecule has 0 unspecified atom stereocenters. The highest BCUT2D eigenvalue weighted by molar-refractivity contribution is 5.82. The highest BCUT2D eigenvalue weighted by Crippen LogP contribution is 2.19. The fourth-order valence-corrected chi connectivity index (χ4v) is 3.00. The monoisotopic (exact) mass is 324 g/mol. The van der Waals surface area contributed by atoms with Gasteiger partial charge in [-0.15, -0.1) is 0 Å². The van der Waals surface area contributed by atoms with Crippen molar-refractivity contribution in [2.75, 3.05) is 18.4 Å². The van der Waals surface area contributed by atoms with Crippen LogP contribution >= 0.6 is 0 Å². The average molecular weight is 324 g/mol. The zero-order chi connectivity index (χ0) is 16.9. The van der Waals surface area contributed by atoms with E-state index in [2.05, 4.69) is 17.4 Å². The number of carbonyl (C=O) groups is 2. The summed E-state index contributed by atoms with van der Waals surface area (Å²) in [4.78, 5) is 25.2. The van der Waals surface area contributed by atoms with Crippen LogP contribution in [0.2, 0.25) is 0 Å². The fraction of sp³-hybridized carbons (Fsp3) is 0.263. The van der Waals surface area contributed by atoms with Gasteiger partial charge in [0.2, 0.25) is 5.91 Å². The van der Waals surface area contributed by atoms with Crippen LogP contribution in [0, 0.1) is 0 Å². The lowest BCUT2D eigenvalue weighted by Gasteiger charge is -2.29. The SMILES string of the molecule is O=C(O)Cc1ccccc1NCC(=O)N1CCc2ccccc2C1. The number of hydrogen-bond donors (Lipinski definition) is 2. The van der Waals surface area contributed by atoms with E-state index in [1.807, 2.05) is 23.1 Å². The lowest BCUT2D eigenvalue weighted by Crippen LogP contribution is -2.39. The molecule has 5 nitrogen and oxygen atoms in total. The second-order valence-electron chi connectivity index (χ2n) is 5.92. The Kier molecular flexibility index (Phi) is 4.79. The van der Waals surface area contributed by atoms with Crippen molar-refractivity contribution in [1.82, 2.24) is 4.90 Å². The molecule has 3 rings (SSSR count). The van der Waals surface area contributed by atoms with Gasteiger partial charge in [0.05, 0.1) is 13.0 Å². The van der Waals surface area contributed by atoms with Crippen molar-refractivity contribution in [2.24, 2.45) is 0 Å². The van der Waals surface area contributed by atoms with Gasteiger partial charge in [0.1, 0.15) is 0 Å². The van der Waals surface area contributed by atoms with Crippen LogP contribution in [0.15, 0.2) is 48.5 Å². The Hall–Kier alpha value is -2.82. The summed E-state index contributed by atoms with van der Waals surface area (Å²) >= 11 is 0. The van der Waals surface area contributed by atoms with Crippen LogP contribution in [-0.2, 0) is 29.0 Å². The van der Waals surface area contributed by atoms with Crippen LogP contribution in [0.3, 0.4) is 0 Å². The molecule has 1 amide bonds. The topological polar surface area (TPSA) is 69.6 Å². The van der Waals surface area contributed by atoms with E-state index in [1.54, 1.807) is 18.2 Å². The van der Waals surface area contributed by atoms with Crippen molar-refractivity contribution in [3.63, 3.8) is 0 Å². The Morgan fingerprint density at radius 2 is 1.75 bits per heavy atom. The van der Waals surface area contributed by atoms with Crippen molar-refractivity contribution >= 4 is 17.6 Å². The Morgan fingerprint density at radius 1 is 1.04 bits per heavy atom. The number of nitrogens with zero attached hydrogens (tertiary/aromatic N) is 1. The molecular formula is C19H20N2O3. The molecule has 0 radical (unpaired) electrons. The lowest BCUT2D eigenvalue weighted by molar-refractivity contribution is -0.136. The smallest absolute Gasteiger partial charge is 0.307 e. The van der Waals surface area contributed by atoms with Gasteiger partial charge in [-0.1, -0.05) is 42.5 Å². The first-order chi connectivity index (χ1) is 11.6. The number of nitrogens with one attached hydrogen (secondary N) is 1. The van der Waals surface area contributed by atoms with E-state index in [0.717, 1.165) is 6.42 Å². The van der Waals surface area contributed by atoms with Crippen LogP contribution in [0.25, 0.3) is 0 Å². The summed E-state index contributed by atoms with van der Waals surface area (Å²) in [5.41, 5.74) is 3.89. The summed E-state index contributed by atoms with van der Waals surface area (Å²) in [6.45, 7) is 1.51. The van der Waals surface area contributed by atoms with Gasteiger partial charge in [0.25, 0.3) is 0 Å². The number of hydrogen-bond acceptors (Lipinski definition) is 3. The molecule has 1 aliphatic rings. The minimum Gasteiger partial charge on any atom is -0.481 e. The highest BCUT2D eigenvalue weighted by atomic mass is 16.4. The van der Waals surface area contributed by atoms with Crippen molar-refractivity contribution in [1.29, 1.82) is 0 Å². The van der Waals surface area contributed by atoms with Crippen molar-refractivity contribution in [3.8, 4) is 0 Å². The number of para-hydroxylation sites is 1. The second kappa shape index (κ2) is 7.17. The molecule has 0 aliphatic carbocycles. The van der Waals surface area contributed by atoms with Gasteiger partial charge in [-0.25, -0.2) is 0 Å². The summed E-state index contributed by atoms with van der Waals surface area (Å²) in [5, 5.41) is 12.0. The third-order valence-corrected chi connectivity index (χ3v) is 4.27. The van der Waals surface area contributed by atoms with E-state index in [9.17, 15) is 9.59 Å². The normalized spacial score (nSPS) is 13.2. The summed E-state index contributed by atoms with van der Waals surface area (Å²) < 4.78 is 0. The zero-order valence-electron chi connectivity index (χ0n) is 13.4. The van der Waals surface area contributed by atoms with E-state index >= 15 is 0 Å². The number of anilines is 1. The maximum absolute atomic E-state index is 12.5. The summed E-state index contributed by atoms with van der Waals surface area (Å²) in [5.74, 6) is -0.863. The predicted octanol–water partition coefficient (Wildman–Crippen LogP) is 2.31. The lowest BCUT2D eigenvalue weighted by atomic mass is 10.00. The molecule has 1 heterocycles. The molecule has 5 heteroatoms. The average Bonchev–Trinajstić information content (AvgIpc) is 2.60. The summed E-state index contributed by atoms with van der Waals surface area (Å²) in [6, 6.07) is 15.4. The molecule has 0 saturated heterocycles. The maximum atomic E-state index is 12.5. The van der Waals surface area contributed by atoms with Gasteiger partial charge < -0.3 is 15.3 Å². The van der Waals surface area contributed by atoms with Gasteiger partial charge in [0, 0.05) is 18.8 Å². The first-order valence-corrected chi connectivity index (χ1v) is 8.01. The molecule has 2 aromatic rings. The Labute approximate surface area is 140 Å². The number of benzene rings is 2. The molecule has 1 aliphatic heterocycles. The number of carboxylic acid groups (broad SMARTS) is 1. The van der Waals surface area contributed by atoms with E-state index in [4.69, 9.17) is 5.11 Å². The van der Waals surface area contributed by atoms with Gasteiger partial charge >= 0.3 is 5.97 Å². The van der Waals surface area contributed by atoms with Crippen LogP contribution in [0.4, 0.5) is 5.69 Å². The largest absolute Gasteiger partial charge is 0.481 e. The molecule has 0 fully saturated rings. The molecule has 2 N–H and O–H groups in total. The van der Waals surface area contributed by atoms with Crippen molar-refractivity contribution in [3.05, 3.63) is 65.2 Å². The molecule has 0 atom stereocenters. The number of carbonyl (C=O) groups excluding carboxylic acids is 1. The molecule has 0 bridgehead atoms. The zero-order valence-corrected chi connectivity index (χ0v) is 13.4. The van der Waals surface area contributed by atoms with Gasteiger partial charge in [-0.2, -0.15) is 0 Å². The van der Waals surface area contributed by atoms with E-state index in [1.165, 1.54) is 11.1 Å². The Balaban J connectivity index is 1.62. The molecule has 0 aromatic heterocycles. The van der Waals surface area contributed by atoms with Crippen LogP contribution in [-0.4, -0.2) is 35.0 Å². The highest BCUT2D eigenvalue weighted by Gasteiger charge is 2.20. The quantitative estimate of drug-likeness (QED) is 0.885. The van der Waals surface area contributed by atoms with Crippen LogP contribution in [0.1, 0.15) is 16.7 Å². The summed E-state index contributed by atoms with van der Waals surface area (Å²) in [6.07, 6.45) is 0.811. The third kappa shape index (κ3) is 3.74. The Bertz CT molecular complexity index is 758. The third-order valence-electron chi connectivity index (χ3n) is 4.27. The van der Waals surface area contributed by atoms with Crippen LogP contribution in [0.5, 0.6) is 0 Å². The minimum atomic E-state index is -0.886. The van der Waals surface area contributed by atoms with Gasteiger partial charge in [-0.3, -0.25) is 9.59 Å². The molecule has 24 heavy (non-hydrogen) atoms. The van der Waals surface area contributed by atoms with Crippen LogP contribution < -0.4 is 5.32 Å². The number of aliphatic carboxylic acids is 1.